The highest BCUT2D eigenvalue weighted by atomic mass is 16.2. The number of hydrogen-bond donors (Lipinski definition) is 0. The van der Waals surface area contributed by atoms with Crippen molar-refractivity contribution >= 4 is 5.91 Å². The number of carbonyl (C=O) groups is 1. The molecule has 2 heteroatoms. The normalized spacial score (nSPS) is 15.2. The summed E-state index contributed by atoms with van der Waals surface area (Å²) >= 11 is 0. The van der Waals surface area contributed by atoms with Crippen molar-refractivity contribution in [3.05, 3.63) is 12.2 Å². The van der Waals surface area contributed by atoms with E-state index in [1.54, 1.807) is 0 Å². The topological polar surface area (TPSA) is 20.3 Å². The lowest BCUT2D eigenvalue weighted by molar-refractivity contribution is -0.126. The Kier molecular flexibility index (Phi) is 17.6. The van der Waals surface area contributed by atoms with E-state index in [2.05, 4.69) is 13.0 Å². The summed E-state index contributed by atoms with van der Waals surface area (Å²) in [6, 6.07) is 0. The summed E-state index contributed by atoms with van der Waals surface area (Å²) in [6.45, 7) is 4.21. The molecule has 0 aromatic carbocycles. The van der Waals surface area contributed by atoms with Crippen LogP contribution < -0.4 is 0 Å². The number of unbranched alkanes of at least 4 members (excludes halogenated alkanes) is 15. The fraction of sp³-hybridized carbons (Fsp3) is 0.885. The fourth-order valence-corrected chi connectivity index (χ4v) is 4.21. The molecule has 0 spiro atoms. The maximum absolute atomic E-state index is 12.2. The summed E-state index contributed by atoms with van der Waals surface area (Å²) in [6.07, 6.45) is 31.0. The number of carbonyl (C=O) groups excluding carboxylic acids is 1. The van der Waals surface area contributed by atoms with Crippen LogP contribution >= 0.6 is 0 Å². The second kappa shape index (κ2) is 19.5. The van der Waals surface area contributed by atoms with Gasteiger partial charge in [0.2, 0.25) is 5.91 Å². The van der Waals surface area contributed by atoms with Gasteiger partial charge in [0.1, 0.15) is 0 Å². The van der Waals surface area contributed by atoms with Gasteiger partial charge in [-0.05, 0) is 31.8 Å². The SMILES string of the molecule is CCCCCCCCCCCCCCCCC/C=C/C(=O)N1CCCCCC1. The highest BCUT2D eigenvalue weighted by Gasteiger charge is 2.12. The first-order valence-corrected chi connectivity index (χ1v) is 12.8. The van der Waals surface area contributed by atoms with Crippen molar-refractivity contribution in [3.8, 4) is 0 Å². The van der Waals surface area contributed by atoms with Crippen molar-refractivity contribution in [2.24, 2.45) is 0 Å². The third-order valence-electron chi connectivity index (χ3n) is 6.15. The number of likely N-dealkylation sites (tertiary alicyclic amines) is 1. The quantitative estimate of drug-likeness (QED) is 0.181. The van der Waals surface area contributed by atoms with E-state index in [0.717, 1.165) is 19.5 Å². The van der Waals surface area contributed by atoms with E-state index in [1.807, 2.05) is 11.0 Å². The molecule has 2 nitrogen and oxygen atoms in total. The van der Waals surface area contributed by atoms with Gasteiger partial charge >= 0.3 is 0 Å². The van der Waals surface area contributed by atoms with Crippen molar-refractivity contribution in [1.29, 1.82) is 0 Å². The van der Waals surface area contributed by atoms with Gasteiger partial charge < -0.3 is 4.90 Å². The standard InChI is InChI=1S/C26H49NO/c1-2-3-4-5-6-7-8-9-10-11-12-13-14-15-16-17-20-23-26(28)27-24-21-18-19-22-25-27/h20,23H,2-19,21-22,24-25H2,1H3/b23-20+. The van der Waals surface area contributed by atoms with Gasteiger partial charge in [0.05, 0.1) is 0 Å². The van der Waals surface area contributed by atoms with Gasteiger partial charge in [-0.25, -0.2) is 0 Å². The monoisotopic (exact) mass is 391 g/mol. The highest BCUT2D eigenvalue weighted by Crippen LogP contribution is 2.14. The van der Waals surface area contributed by atoms with Crippen LogP contribution in [0, 0.1) is 0 Å². The van der Waals surface area contributed by atoms with E-state index < -0.39 is 0 Å². The summed E-state index contributed by atoms with van der Waals surface area (Å²) in [7, 11) is 0. The maximum Gasteiger partial charge on any atom is 0.246 e. The van der Waals surface area contributed by atoms with Gasteiger partial charge in [-0.15, -0.1) is 0 Å². The molecule has 0 aromatic rings. The smallest absolute Gasteiger partial charge is 0.246 e. The Labute approximate surface area is 176 Å². The summed E-state index contributed by atoms with van der Waals surface area (Å²) in [5.74, 6) is 0.239. The lowest BCUT2D eigenvalue weighted by Gasteiger charge is -2.17. The molecule has 1 amide bonds. The van der Waals surface area contributed by atoms with E-state index in [1.165, 1.54) is 122 Å². The Morgan fingerprint density at radius 2 is 1.07 bits per heavy atom. The lowest BCUT2D eigenvalue weighted by Crippen LogP contribution is -2.30. The first-order chi connectivity index (χ1) is 13.8. The Hall–Kier alpha value is -0.790. The molecular weight excluding hydrogens is 342 g/mol. The number of rotatable bonds is 17. The summed E-state index contributed by atoms with van der Waals surface area (Å²) in [5, 5.41) is 0. The van der Waals surface area contributed by atoms with Gasteiger partial charge in [-0.2, -0.15) is 0 Å². The Morgan fingerprint density at radius 3 is 1.54 bits per heavy atom. The average Bonchev–Trinajstić information content (AvgIpc) is 3.00. The number of hydrogen-bond acceptors (Lipinski definition) is 1. The van der Waals surface area contributed by atoms with Gasteiger partial charge in [0.25, 0.3) is 0 Å². The summed E-state index contributed by atoms with van der Waals surface area (Å²) in [4.78, 5) is 14.2. The molecule has 1 saturated heterocycles. The van der Waals surface area contributed by atoms with Crippen molar-refractivity contribution in [2.45, 2.75) is 135 Å². The molecule has 0 aromatic heterocycles. The molecular formula is C26H49NO. The second-order valence-corrected chi connectivity index (χ2v) is 8.88. The third-order valence-corrected chi connectivity index (χ3v) is 6.15. The number of amides is 1. The molecule has 1 aliphatic heterocycles. The molecule has 164 valence electrons. The maximum atomic E-state index is 12.2. The van der Waals surface area contributed by atoms with Gasteiger partial charge in [0, 0.05) is 13.1 Å². The van der Waals surface area contributed by atoms with Crippen molar-refractivity contribution in [1.82, 2.24) is 4.90 Å². The predicted molar refractivity (Wildman–Crippen MR) is 124 cm³/mol. The van der Waals surface area contributed by atoms with E-state index >= 15 is 0 Å². The third kappa shape index (κ3) is 15.2. The van der Waals surface area contributed by atoms with E-state index in [-0.39, 0.29) is 5.91 Å². The van der Waals surface area contributed by atoms with Crippen LogP contribution in [0.1, 0.15) is 135 Å². The highest BCUT2D eigenvalue weighted by molar-refractivity contribution is 5.87. The molecule has 1 heterocycles. The molecule has 0 atom stereocenters. The minimum absolute atomic E-state index is 0.239. The molecule has 0 bridgehead atoms. The van der Waals surface area contributed by atoms with Gasteiger partial charge in [0.15, 0.2) is 0 Å². The van der Waals surface area contributed by atoms with Crippen LogP contribution in [0.3, 0.4) is 0 Å². The molecule has 0 radical (unpaired) electrons. The Bertz CT molecular complexity index is 369. The lowest BCUT2D eigenvalue weighted by atomic mass is 10.0. The molecule has 0 saturated carbocycles. The zero-order valence-corrected chi connectivity index (χ0v) is 19.1. The molecule has 1 aliphatic rings. The van der Waals surface area contributed by atoms with Crippen molar-refractivity contribution < 1.29 is 4.79 Å². The molecule has 28 heavy (non-hydrogen) atoms. The van der Waals surface area contributed by atoms with Crippen molar-refractivity contribution in [3.63, 3.8) is 0 Å². The number of nitrogens with zero attached hydrogens (tertiary/aromatic N) is 1. The molecule has 1 rings (SSSR count). The van der Waals surface area contributed by atoms with E-state index in [0.29, 0.717) is 0 Å². The molecule has 0 aliphatic carbocycles. The second-order valence-electron chi connectivity index (χ2n) is 8.88. The minimum Gasteiger partial charge on any atom is -0.339 e. The largest absolute Gasteiger partial charge is 0.339 e. The number of allylic oxidation sites excluding steroid dienone is 1. The fourth-order valence-electron chi connectivity index (χ4n) is 4.21. The van der Waals surface area contributed by atoms with Crippen LogP contribution in [0.5, 0.6) is 0 Å². The van der Waals surface area contributed by atoms with Crippen LogP contribution in [-0.2, 0) is 4.79 Å². The Balaban J connectivity index is 1.79. The van der Waals surface area contributed by atoms with Crippen LogP contribution in [0.4, 0.5) is 0 Å². The van der Waals surface area contributed by atoms with E-state index in [9.17, 15) is 4.79 Å². The van der Waals surface area contributed by atoms with Crippen LogP contribution in [0.2, 0.25) is 0 Å². The van der Waals surface area contributed by atoms with Crippen molar-refractivity contribution in [2.75, 3.05) is 13.1 Å². The zero-order valence-electron chi connectivity index (χ0n) is 19.1. The van der Waals surface area contributed by atoms with Gasteiger partial charge in [-0.3, -0.25) is 4.79 Å². The van der Waals surface area contributed by atoms with E-state index in [4.69, 9.17) is 0 Å². The summed E-state index contributed by atoms with van der Waals surface area (Å²) < 4.78 is 0. The Morgan fingerprint density at radius 1 is 0.643 bits per heavy atom. The molecule has 1 fully saturated rings. The zero-order chi connectivity index (χ0) is 20.1. The van der Waals surface area contributed by atoms with Crippen LogP contribution in [0.25, 0.3) is 0 Å². The molecule has 0 unspecified atom stereocenters. The summed E-state index contributed by atoms with van der Waals surface area (Å²) in [5.41, 5.74) is 0. The minimum atomic E-state index is 0.239. The average molecular weight is 392 g/mol. The predicted octanol–water partition coefficient (Wildman–Crippen LogP) is 8.21. The first-order valence-electron chi connectivity index (χ1n) is 12.8. The first kappa shape index (κ1) is 25.2. The van der Waals surface area contributed by atoms with Crippen LogP contribution in [-0.4, -0.2) is 23.9 Å². The van der Waals surface area contributed by atoms with Gasteiger partial charge in [-0.1, -0.05) is 116 Å². The molecule has 0 N–H and O–H groups in total. The van der Waals surface area contributed by atoms with Crippen LogP contribution in [0.15, 0.2) is 12.2 Å².